The smallest absolute Gasteiger partial charge is 0.305 e. The van der Waals surface area contributed by atoms with E-state index in [0.29, 0.717) is 13.0 Å². The number of amides is 1. The molecule has 0 spiro atoms. The Balaban J connectivity index is 2.51. The molecule has 3 N–H and O–H groups in total. The first-order valence-corrected chi connectivity index (χ1v) is 7.22. The Morgan fingerprint density at radius 2 is 2.29 bits per heavy atom. The number of likely N-dealkylation sites (tertiary alicyclic amines) is 1. The van der Waals surface area contributed by atoms with Crippen molar-refractivity contribution in [2.24, 2.45) is 5.73 Å². The zero-order valence-electron chi connectivity index (χ0n) is 10.1. The van der Waals surface area contributed by atoms with Gasteiger partial charge in [-0.3, -0.25) is 9.59 Å². The SMILES string of the molecule is CSCC[C@H](N)C(=O)N1CCCC1CC(=O)O. The van der Waals surface area contributed by atoms with E-state index in [1.165, 1.54) is 0 Å². The molecule has 1 aliphatic heterocycles. The molecule has 1 heterocycles. The molecule has 1 fully saturated rings. The molecule has 6 heteroatoms. The fraction of sp³-hybridized carbons (Fsp3) is 0.818. The molecule has 0 bridgehead atoms. The van der Waals surface area contributed by atoms with Crippen molar-refractivity contribution < 1.29 is 14.7 Å². The number of aliphatic carboxylic acids is 1. The number of nitrogens with zero attached hydrogens (tertiary/aromatic N) is 1. The number of hydrogen-bond acceptors (Lipinski definition) is 4. The van der Waals surface area contributed by atoms with Gasteiger partial charge in [-0.1, -0.05) is 0 Å². The summed E-state index contributed by atoms with van der Waals surface area (Å²) >= 11 is 1.66. The number of hydrogen-bond donors (Lipinski definition) is 2. The molecule has 1 saturated heterocycles. The molecular formula is C11H20N2O3S. The summed E-state index contributed by atoms with van der Waals surface area (Å²) < 4.78 is 0. The maximum absolute atomic E-state index is 12.0. The third kappa shape index (κ3) is 4.20. The van der Waals surface area contributed by atoms with Gasteiger partial charge in [-0.25, -0.2) is 0 Å². The number of carboxylic acid groups (broad SMARTS) is 1. The van der Waals surface area contributed by atoms with E-state index in [1.54, 1.807) is 16.7 Å². The lowest BCUT2D eigenvalue weighted by Crippen LogP contribution is -2.46. The first kappa shape index (κ1) is 14.3. The van der Waals surface area contributed by atoms with E-state index in [1.807, 2.05) is 6.26 Å². The second-order valence-corrected chi connectivity index (χ2v) is 5.30. The summed E-state index contributed by atoms with van der Waals surface area (Å²) in [5.41, 5.74) is 5.82. The van der Waals surface area contributed by atoms with Crippen LogP contribution in [0.4, 0.5) is 0 Å². The average molecular weight is 260 g/mol. The van der Waals surface area contributed by atoms with E-state index < -0.39 is 12.0 Å². The molecule has 0 aromatic carbocycles. The molecule has 0 radical (unpaired) electrons. The standard InChI is InChI=1S/C11H20N2O3S/c1-17-6-4-9(12)11(16)13-5-2-3-8(13)7-10(14)15/h8-9H,2-7,12H2,1H3,(H,14,15)/t8?,9-/m0/s1. The quantitative estimate of drug-likeness (QED) is 0.728. The van der Waals surface area contributed by atoms with E-state index in [9.17, 15) is 9.59 Å². The van der Waals surface area contributed by atoms with Crippen LogP contribution in [0.1, 0.15) is 25.7 Å². The number of carbonyl (C=O) groups is 2. The summed E-state index contributed by atoms with van der Waals surface area (Å²) in [6, 6.07) is -0.655. The Morgan fingerprint density at radius 1 is 1.59 bits per heavy atom. The summed E-state index contributed by atoms with van der Waals surface area (Å²) in [5.74, 6) is -0.0974. The van der Waals surface area contributed by atoms with Gasteiger partial charge in [0.1, 0.15) is 0 Å². The van der Waals surface area contributed by atoms with E-state index in [0.717, 1.165) is 18.6 Å². The van der Waals surface area contributed by atoms with Crippen LogP contribution in [0.3, 0.4) is 0 Å². The van der Waals surface area contributed by atoms with Gasteiger partial charge < -0.3 is 15.7 Å². The molecule has 2 atom stereocenters. The molecule has 1 unspecified atom stereocenters. The van der Waals surface area contributed by atoms with Gasteiger partial charge in [0.15, 0.2) is 0 Å². The first-order chi connectivity index (χ1) is 8.06. The minimum absolute atomic E-state index is 0.0288. The lowest BCUT2D eigenvalue weighted by atomic mass is 10.1. The average Bonchev–Trinajstić information content (AvgIpc) is 2.71. The lowest BCUT2D eigenvalue weighted by Gasteiger charge is -2.26. The van der Waals surface area contributed by atoms with Crippen molar-refractivity contribution in [2.45, 2.75) is 37.8 Å². The number of carboxylic acids is 1. The minimum Gasteiger partial charge on any atom is -0.481 e. The van der Waals surface area contributed by atoms with E-state index >= 15 is 0 Å². The van der Waals surface area contributed by atoms with Crippen LogP contribution in [-0.2, 0) is 9.59 Å². The highest BCUT2D eigenvalue weighted by molar-refractivity contribution is 7.98. The van der Waals surface area contributed by atoms with E-state index in [2.05, 4.69) is 0 Å². The Kier molecular flexibility index (Phi) is 5.77. The van der Waals surface area contributed by atoms with Crippen molar-refractivity contribution in [3.8, 4) is 0 Å². The largest absolute Gasteiger partial charge is 0.481 e. The highest BCUT2D eigenvalue weighted by Crippen LogP contribution is 2.21. The van der Waals surface area contributed by atoms with Crippen LogP contribution in [0, 0.1) is 0 Å². The van der Waals surface area contributed by atoms with Crippen molar-refractivity contribution >= 4 is 23.6 Å². The van der Waals surface area contributed by atoms with Gasteiger partial charge in [-0.05, 0) is 31.3 Å². The van der Waals surface area contributed by atoms with Gasteiger partial charge >= 0.3 is 5.97 Å². The summed E-state index contributed by atoms with van der Waals surface area (Å²) in [4.78, 5) is 24.4. The minimum atomic E-state index is -0.854. The van der Waals surface area contributed by atoms with Crippen LogP contribution >= 0.6 is 11.8 Å². The molecule has 17 heavy (non-hydrogen) atoms. The number of nitrogens with two attached hydrogens (primary N) is 1. The molecule has 1 rings (SSSR count). The fourth-order valence-corrected chi connectivity index (χ4v) is 2.61. The zero-order valence-corrected chi connectivity index (χ0v) is 10.9. The second-order valence-electron chi connectivity index (χ2n) is 4.31. The number of carbonyl (C=O) groups excluding carboxylic acids is 1. The molecule has 1 amide bonds. The lowest BCUT2D eigenvalue weighted by molar-refractivity contribution is -0.140. The summed E-state index contributed by atoms with van der Waals surface area (Å²) in [7, 11) is 0. The van der Waals surface area contributed by atoms with Crippen molar-refractivity contribution in [1.29, 1.82) is 0 Å². The van der Waals surface area contributed by atoms with Gasteiger partial charge in [0.05, 0.1) is 12.5 Å². The molecule has 0 aliphatic carbocycles. The Labute approximate surface area is 106 Å². The van der Waals surface area contributed by atoms with Crippen LogP contribution < -0.4 is 5.73 Å². The van der Waals surface area contributed by atoms with Crippen molar-refractivity contribution in [1.82, 2.24) is 4.90 Å². The van der Waals surface area contributed by atoms with Crippen LogP contribution in [0.5, 0.6) is 0 Å². The Hall–Kier alpha value is -0.750. The molecule has 0 aromatic heterocycles. The van der Waals surface area contributed by atoms with Gasteiger partial charge in [0.25, 0.3) is 0 Å². The molecule has 98 valence electrons. The van der Waals surface area contributed by atoms with Crippen LogP contribution in [0.15, 0.2) is 0 Å². The highest BCUT2D eigenvalue weighted by atomic mass is 32.2. The molecule has 0 aromatic rings. The normalized spacial score (nSPS) is 21.5. The third-order valence-electron chi connectivity index (χ3n) is 3.02. The van der Waals surface area contributed by atoms with E-state index in [4.69, 9.17) is 10.8 Å². The molecular weight excluding hydrogens is 240 g/mol. The topological polar surface area (TPSA) is 83.6 Å². The first-order valence-electron chi connectivity index (χ1n) is 5.83. The Morgan fingerprint density at radius 3 is 2.88 bits per heavy atom. The molecule has 0 saturated carbocycles. The van der Waals surface area contributed by atoms with Crippen molar-refractivity contribution in [3.05, 3.63) is 0 Å². The third-order valence-corrected chi connectivity index (χ3v) is 3.66. The van der Waals surface area contributed by atoms with Crippen LogP contribution in [-0.4, -0.2) is 52.5 Å². The van der Waals surface area contributed by atoms with Crippen LogP contribution in [0.25, 0.3) is 0 Å². The van der Waals surface area contributed by atoms with Gasteiger partial charge in [-0.15, -0.1) is 0 Å². The summed E-state index contributed by atoms with van der Waals surface area (Å²) in [5, 5.41) is 8.78. The van der Waals surface area contributed by atoms with Crippen LogP contribution in [0.2, 0.25) is 0 Å². The Bertz CT molecular complexity index is 286. The van der Waals surface area contributed by atoms with Gasteiger partial charge in [-0.2, -0.15) is 11.8 Å². The van der Waals surface area contributed by atoms with Gasteiger partial charge in [0.2, 0.25) is 5.91 Å². The predicted octanol–water partition coefficient (Wildman–Crippen LogP) is 0.532. The number of thioether (sulfide) groups is 1. The monoisotopic (exact) mass is 260 g/mol. The molecule has 5 nitrogen and oxygen atoms in total. The molecule has 1 aliphatic rings. The van der Waals surface area contributed by atoms with Crippen molar-refractivity contribution in [3.63, 3.8) is 0 Å². The predicted molar refractivity (Wildman–Crippen MR) is 68.0 cm³/mol. The van der Waals surface area contributed by atoms with Crippen molar-refractivity contribution in [2.75, 3.05) is 18.6 Å². The maximum Gasteiger partial charge on any atom is 0.305 e. The van der Waals surface area contributed by atoms with E-state index in [-0.39, 0.29) is 18.4 Å². The summed E-state index contributed by atoms with van der Waals surface area (Å²) in [6.07, 6.45) is 4.30. The number of rotatable bonds is 6. The maximum atomic E-state index is 12.0. The van der Waals surface area contributed by atoms with Gasteiger partial charge in [0, 0.05) is 12.6 Å². The second kappa shape index (κ2) is 6.86. The fourth-order valence-electron chi connectivity index (χ4n) is 2.12. The summed E-state index contributed by atoms with van der Waals surface area (Å²) in [6.45, 7) is 0.643. The zero-order chi connectivity index (χ0) is 12.8. The highest BCUT2D eigenvalue weighted by Gasteiger charge is 2.32.